The van der Waals surface area contributed by atoms with Crippen molar-refractivity contribution < 1.29 is 23.9 Å². The Hall–Kier alpha value is -3.15. The molecule has 0 aliphatic heterocycles. The van der Waals surface area contributed by atoms with Gasteiger partial charge in [-0.1, -0.05) is 26.0 Å². The van der Waals surface area contributed by atoms with Crippen molar-refractivity contribution in [2.75, 3.05) is 11.9 Å². The maximum absolute atomic E-state index is 12.2. The van der Waals surface area contributed by atoms with Crippen LogP contribution in [-0.2, 0) is 14.3 Å². The molecule has 0 aliphatic rings. The molecule has 2 rings (SSSR count). The second-order valence-corrected chi connectivity index (χ2v) is 6.77. The molecule has 6 heteroatoms. The number of ether oxygens (including phenoxy) is 2. The zero-order valence-electron chi connectivity index (χ0n) is 16.5. The molecule has 0 aromatic heterocycles. The number of nitrogens with one attached hydrogen (secondary N) is 1. The van der Waals surface area contributed by atoms with E-state index in [1.807, 2.05) is 24.3 Å². The fourth-order valence-corrected chi connectivity index (χ4v) is 2.41. The Morgan fingerprint density at radius 1 is 0.929 bits per heavy atom. The van der Waals surface area contributed by atoms with E-state index in [1.54, 1.807) is 24.3 Å². The Kier molecular flexibility index (Phi) is 7.32. The van der Waals surface area contributed by atoms with E-state index in [0.29, 0.717) is 22.9 Å². The lowest BCUT2D eigenvalue weighted by atomic mass is 10.0. The molecule has 6 nitrogen and oxygen atoms in total. The summed E-state index contributed by atoms with van der Waals surface area (Å²) in [5, 5.41) is 2.71. The van der Waals surface area contributed by atoms with Crippen molar-refractivity contribution in [2.45, 2.75) is 39.7 Å². The van der Waals surface area contributed by atoms with Gasteiger partial charge in [-0.2, -0.15) is 0 Å². The highest BCUT2D eigenvalue weighted by Gasteiger charge is 2.18. The topological polar surface area (TPSA) is 81.7 Å². The minimum absolute atomic E-state index is 0.0513. The quantitative estimate of drug-likeness (QED) is 0.551. The Morgan fingerprint density at radius 2 is 1.54 bits per heavy atom. The van der Waals surface area contributed by atoms with Gasteiger partial charge in [0.05, 0.1) is 0 Å². The number of carbonyl (C=O) groups is 3. The van der Waals surface area contributed by atoms with Gasteiger partial charge in [-0.05, 0) is 61.7 Å². The smallest absolute Gasteiger partial charge is 0.344 e. The van der Waals surface area contributed by atoms with E-state index in [9.17, 15) is 14.4 Å². The van der Waals surface area contributed by atoms with Crippen LogP contribution in [0.3, 0.4) is 0 Å². The van der Waals surface area contributed by atoms with Crippen LogP contribution < -0.4 is 10.1 Å². The van der Waals surface area contributed by atoms with E-state index in [1.165, 1.54) is 19.4 Å². The third-order valence-corrected chi connectivity index (χ3v) is 4.14. The summed E-state index contributed by atoms with van der Waals surface area (Å²) < 4.78 is 10.4. The van der Waals surface area contributed by atoms with Crippen molar-refractivity contribution in [1.82, 2.24) is 0 Å². The molecule has 2 aromatic rings. The summed E-state index contributed by atoms with van der Waals surface area (Å²) in [5.41, 5.74) is 2.37. The lowest BCUT2D eigenvalue weighted by molar-refractivity contribution is -0.155. The number of amides is 1. The SMILES string of the molecule is CC(=O)c1ccc(OCC(=O)O[C@H](C)C(=O)Nc2ccc(C(C)C)cc2)cc1. The fraction of sp³-hybridized carbons (Fsp3) is 0.318. The third kappa shape index (κ3) is 6.23. The van der Waals surface area contributed by atoms with Crippen LogP contribution in [0.2, 0.25) is 0 Å². The van der Waals surface area contributed by atoms with Gasteiger partial charge in [-0.15, -0.1) is 0 Å². The van der Waals surface area contributed by atoms with Gasteiger partial charge in [0.25, 0.3) is 5.91 Å². The van der Waals surface area contributed by atoms with Crippen LogP contribution in [0.1, 0.15) is 49.5 Å². The first kappa shape index (κ1) is 21.2. The van der Waals surface area contributed by atoms with Crippen molar-refractivity contribution >= 4 is 23.3 Å². The zero-order valence-corrected chi connectivity index (χ0v) is 16.5. The monoisotopic (exact) mass is 383 g/mol. The second kappa shape index (κ2) is 9.69. The van der Waals surface area contributed by atoms with E-state index in [2.05, 4.69) is 19.2 Å². The highest BCUT2D eigenvalue weighted by atomic mass is 16.6. The predicted molar refractivity (Wildman–Crippen MR) is 107 cm³/mol. The Bertz CT molecular complexity index is 825. The summed E-state index contributed by atoms with van der Waals surface area (Å²) >= 11 is 0. The first-order valence-corrected chi connectivity index (χ1v) is 9.10. The van der Waals surface area contributed by atoms with E-state index < -0.39 is 18.0 Å². The van der Waals surface area contributed by atoms with E-state index in [4.69, 9.17) is 9.47 Å². The highest BCUT2D eigenvalue weighted by Crippen LogP contribution is 2.17. The maximum atomic E-state index is 12.2. The normalized spacial score (nSPS) is 11.6. The van der Waals surface area contributed by atoms with Crippen LogP contribution in [0.15, 0.2) is 48.5 Å². The first-order chi connectivity index (χ1) is 13.3. The van der Waals surface area contributed by atoms with Crippen molar-refractivity contribution in [2.24, 2.45) is 0 Å². The molecule has 1 amide bonds. The average Bonchev–Trinajstić information content (AvgIpc) is 2.67. The largest absolute Gasteiger partial charge is 0.482 e. The predicted octanol–water partition coefficient (Wildman–Crippen LogP) is 3.96. The fourth-order valence-electron chi connectivity index (χ4n) is 2.41. The molecule has 148 valence electrons. The van der Waals surface area contributed by atoms with Crippen LogP contribution in [0.5, 0.6) is 5.75 Å². The number of esters is 1. The minimum Gasteiger partial charge on any atom is -0.482 e. The van der Waals surface area contributed by atoms with E-state index in [-0.39, 0.29) is 12.4 Å². The third-order valence-electron chi connectivity index (χ3n) is 4.14. The Balaban J connectivity index is 1.80. The number of ketones is 1. The number of rotatable bonds is 8. The molecule has 0 radical (unpaired) electrons. The summed E-state index contributed by atoms with van der Waals surface area (Å²) in [6.07, 6.45) is -0.957. The molecule has 0 heterocycles. The minimum atomic E-state index is -0.957. The number of hydrogen-bond donors (Lipinski definition) is 1. The second-order valence-electron chi connectivity index (χ2n) is 6.77. The van der Waals surface area contributed by atoms with Crippen LogP contribution in [-0.4, -0.2) is 30.4 Å². The molecule has 0 bridgehead atoms. The lowest BCUT2D eigenvalue weighted by Gasteiger charge is -2.14. The van der Waals surface area contributed by atoms with Gasteiger partial charge in [-0.25, -0.2) is 4.79 Å². The number of anilines is 1. The number of hydrogen-bond acceptors (Lipinski definition) is 5. The van der Waals surface area contributed by atoms with Crippen LogP contribution in [0, 0.1) is 0 Å². The van der Waals surface area contributed by atoms with Gasteiger partial charge in [0, 0.05) is 11.3 Å². The summed E-state index contributed by atoms with van der Waals surface area (Å²) in [5.74, 6) is -0.290. The molecule has 0 spiro atoms. The highest BCUT2D eigenvalue weighted by molar-refractivity contribution is 5.95. The van der Waals surface area contributed by atoms with Crippen molar-refractivity contribution in [3.8, 4) is 5.75 Å². The van der Waals surface area contributed by atoms with Gasteiger partial charge in [-0.3, -0.25) is 9.59 Å². The summed E-state index contributed by atoms with van der Waals surface area (Å²) in [6, 6.07) is 13.9. The van der Waals surface area contributed by atoms with Crippen molar-refractivity contribution in [3.05, 3.63) is 59.7 Å². The summed E-state index contributed by atoms with van der Waals surface area (Å²) in [6.45, 7) is 6.82. The summed E-state index contributed by atoms with van der Waals surface area (Å²) in [4.78, 5) is 35.3. The zero-order chi connectivity index (χ0) is 20.7. The molecule has 0 unspecified atom stereocenters. The number of benzene rings is 2. The van der Waals surface area contributed by atoms with Gasteiger partial charge in [0.2, 0.25) is 0 Å². The summed E-state index contributed by atoms with van der Waals surface area (Å²) in [7, 11) is 0. The number of Topliss-reactive ketones (excluding diaryl/α,β-unsaturated/α-hetero) is 1. The standard InChI is InChI=1S/C22H25NO5/c1-14(2)17-5-9-19(10-6-17)23-22(26)16(4)28-21(25)13-27-20-11-7-18(8-12-20)15(3)24/h5-12,14,16H,13H2,1-4H3,(H,23,26)/t16-/m1/s1. The van der Waals surface area contributed by atoms with Gasteiger partial charge >= 0.3 is 5.97 Å². The van der Waals surface area contributed by atoms with Crippen LogP contribution in [0.25, 0.3) is 0 Å². The van der Waals surface area contributed by atoms with E-state index in [0.717, 1.165) is 0 Å². The van der Waals surface area contributed by atoms with Gasteiger partial charge < -0.3 is 14.8 Å². The van der Waals surface area contributed by atoms with Crippen LogP contribution >= 0.6 is 0 Å². The van der Waals surface area contributed by atoms with Gasteiger partial charge in [0.1, 0.15) is 5.75 Å². The molecule has 2 aromatic carbocycles. The molecule has 0 fully saturated rings. The molecule has 28 heavy (non-hydrogen) atoms. The maximum Gasteiger partial charge on any atom is 0.344 e. The molecule has 1 N–H and O–H groups in total. The van der Waals surface area contributed by atoms with E-state index >= 15 is 0 Å². The van der Waals surface area contributed by atoms with Crippen LogP contribution in [0.4, 0.5) is 5.69 Å². The molecule has 1 atom stereocenters. The Morgan fingerprint density at radius 3 is 2.07 bits per heavy atom. The Labute approximate surface area is 164 Å². The molecular formula is C22H25NO5. The number of carbonyl (C=O) groups excluding carboxylic acids is 3. The van der Waals surface area contributed by atoms with Crippen molar-refractivity contribution in [1.29, 1.82) is 0 Å². The molecule has 0 aliphatic carbocycles. The molecule has 0 saturated carbocycles. The average molecular weight is 383 g/mol. The van der Waals surface area contributed by atoms with Crippen molar-refractivity contribution in [3.63, 3.8) is 0 Å². The molecule has 0 saturated heterocycles. The van der Waals surface area contributed by atoms with Gasteiger partial charge in [0.15, 0.2) is 18.5 Å². The lowest BCUT2D eigenvalue weighted by Crippen LogP contribution is -2.31. The molecular weight excluding hydrogens is 358 g/mol. The first-order valence-electron chi connectivity index (χ1n) is 9.10.